The fourth-order valence-corrected chi connectivity index (χ4v) is 3.67. The van der Waals surface area contributed by atoms with Gasteiger partial charge in [-0.15, -0.1) is 0 Å². The summed E-state index contributed by atoms with van der Waals surface area (Å²) in [6.07, 6.45) is 3.86. The van der Waals surface area contributed by atoms with Crippen molar-refractivity contribution in [2.45, 2.75) is 38.0 Å². The molecule has 6 heteroatoms. The number of benzene rings is 2. The van der Waals surface area contributed by atoms with E-state index in [1.54, 1.807) is 7.11 Å². The minimum absolute atomic E-state index is 0.140. The molecule has 6 nitrogen and oxygen atoms in total. The van der Waals surface area contributed by atoms with Gasteiger partial charge >= 0.3 is 6.03 Å². The first-order valence-corrected chi connectivity index (χ1v) is 10.7. The summed E-state index contributed by atoms with van der Waals surface area (Å²) in [4.78, 5) is 12.5. The second kappa shape index (κ2) is 10.9. The molecule has 0 radical (unpaired) electrons. The van der Waals surface area contributed by atoms with Gasteiger partial charge in [0.1, 0.15) is 11.5 Å². The molecule has 0 spiro atoms. The van der Waals surface area contributed by atoms with Crippen molar-refractivity contribution < 1.29 is 19.0 Å². The number of rotatable bonds is 9. The molecule has 162 valence electrons. The highest BCUT2D eigenvalue weighted by molar-refractivity contribution is 5.89. The highest BCUT2D eigenvalue weighted by Gasteiger charge is 2.34. The molecule has 1 fully saturated rings. The van der Waals surface area contributed by atoms with Gasteiger partial charge in [0.05, 0.1) is 13.7 Å². The Labute approximate surface area is 178 Å². The molecular weight excluding hydrogens is 380 g/mol. The van der Waals surface area contributed by atoms with Gasteiger partial charge in [-0.1, -0.05) is 25.5 Å². The monoisotopic (exact) mass is 412 g/mol. The van der Waals surface area contributed by atoms with Crippen LogP contribution < -0.4 is 20.1 Å². The van der Waals surface area contributed by atoms with E-state index in [2.05, 4.69) is 29.7 Å². The maximum Gasteiger partial charge on any atom is 0.319 e. The molecule has 30 heavy (non-hydrogen) atoms. The second-order valence-corrected chi connectivity index (χ2v) is 7.66. The second-order valence-electron chi connectivity index (χ2n) is 7.66. The van der Waals surface area contributed by atoms with Crippen molar-refractivity contribution in [3.63, 3.8) is 0 Å². The average Bonchev–Trinajstić information content (AvgIpc) is 2.80. The van der Waals surface area contributed by atoms with Crippen molar-refractivity contribution in [1.82, 2.24) is 5.32 Å². The molecule has 1 aliphatic rings. The van der Waals surface area contributed by atoms with Gasteiger partial charge in [-0.3, -0.25) is 0 Å². The van der Waals surface area contributed by atoms with Crippen LogP contribution in [0.5, 0.6) is 11.5 Å². The topological polar surface area (TPSA) is 68.8 Å². The van der Waals surface area contributed by atoms with Crippen molar-refractivity contribution in [3.8, 4) is 11.5 Å². The van der Waals surface area contributed by atoms with E-state index in [1.165, 1.54) is 5.56 Å². The number of carbonyl (C=O) groups excluding carboxylic acids is 1. The lowest BCUT2D eigenvalue weighted by atomic mass is 9.74. The van der Waals surface area contributed by atoms with E-state index in [-0.39, 0.29) is 11.4 Å². The van der Waals surface area contributed by atoms with Crippen LogP contribution in [0.3, 0.4) is 0 Å². The Morgan fingerprint density at radius 3 is 2.33 bits per heavy atom. The lowest BCUT2D eigenvalue weighted by Gasteiger charge is -2.38. The number of ether oxygens (including phenoxy) is 3. The van der Waals surface area contributed by atoms with Gasteiger partial charge in [0.25, 0.3) is 0 Å². The predicted octanol–water partition coefficient (Wildman–Crippen LogP) is 4.74. The van der Waals surface area contributed by atoms with Crippen molar-refractivity contribution in [3.05, 3.63) is 54.1 Å². The maximum atomic E-state index is 12.5. The molecule has 0 saturated carbocycles. The highest BCUT2D eigenvalue weighted by atomic mass is 16.5. The van der Waals surface area contributed by atoms with Gasteiger partial charge in [-0.25, -0.2) is 4.79 Å². The van der Waals surface area contributed by atoms with Crippen LogP contribution in [0, 0.1) is 0 Å². The van der Waals surface area contributed by atoms with Crippen molar-refractivity contribution in [1.29, 1.82) is 0 Å². The molecular formula is C24H32N2O4. The van der Waals surface area contributed by atoms with Crippen LogP contribution in [0.15, 0.2) is 48.5 Å². The number of urea groups is 1. The summed E-state index contributed by atoms with van der Waals surface area (Å²) in [7, 11) is 1.66. The molecule has 1 saturated heterocycles. The summed E-state index contributed by atoms with van der Waals surface area (Å²) in [6, 6.07) is 15.4. The molecule has 2 aromatic carbocycles. The lowest BCUT2D eigenvalue weighted by Crippen LogP contribution is -2.45. The summed E-state index contributed by atoms with van der Waals surface area (Å²) >= 11 is 0. The van der Waals surface area contributed by atoms with Gasteiger partial charge in [-0.2, -0.15) is 0 Å². The van der Waals surface area contributed by atoms with Crippen LogP contribution in [-0.4, -0.2) is 39.5 Å². The van der Waals surface area contributed by atoms with Crippen LogP contribution >= 0.6 is 0 Å². The molecule has 2 aromatic rings. The maximum absolute atomic E-state index is 12.5. The summed E-state index contributed by atoms with van der Waals surface area (Å²) in [5, 5.41) is 5.96. The third-order valence-electron chi connectivity index (χ3n) is 5.62. The smallest absolute Gasteiger partial charge is 0.319 e. The number of methoxy groups -OCH3 is 1. The van der Waals surface area contributed by atoms with E-state index in [9.17, 15) is 4.79 Å². The Balaban J connectivity index is 1.57. The fourth-order valence-electron chi connectivity index (χ4n) is 3.67. The van der Waals surface area contributed by atoms with Gasteiger partial charge in [0.15, 0.2) is 0 Å². The molecule has 0 atom stereocenters. The minimum Gasteiger partial charge on any atom is -0.497 e. The first-order valence-electron chi connectivity index (χ1n) is 10.7. The van der Waals surface area contributed by atoms with Crippen LogP contribution in [0.25, 0.3) is 0 Å². The third-order valence-corrected chi connectivity index (χ3v) is 5.62. The molecule has 0 aliphatic carbocycles. The largest absolute Gasteiger partial charge is 0.497 e. The molecule has 1 aliphatic heterocycles. The number of carbonyl (C=O) groups is 1. The Kier molecular flexibility index (Phi) is 7.97. The normalized spacial score (nSPS) is 15.3. The van der Waals surface area contributed by atoms with Crippen LogP contribution in [0.1, 0.15) is 38.2 Å². The first-order chi connectivity index (χ1) is 14.6. The minimum atomic E-state index is -0.214. The number of hydrogen-bond donors (Lipinski definition) is 2. The Morgan fingerprint density at radius 1 is 1.03 bits per heavy atom. The SMILES string of the molecule is CCCCOc1ccc(NC(=O)NCC2(c3ccc(OC)cc3)CCOCC2)cc1. The van der Waals surface area contributed by atoms with Gasteiger partial charge in [-0.05, 0) is 61.2 Å². The average molecular weight is 413 g/mol. The quantitative estimate of drug-likeness (QED) is 0.584. The molecule has 2 amide bonds. The standard InChI is InChI=1S/C24H32N2O4/c1-3-4-15-30-22-11-7-20(8-12-22)26-23(27)25-18-24(13-16-29-17-14-24)19-5-9-21(28-2)10-6-19/h5-12H,3-4,13-18H2,1-2H3,(H2,25,26,27). The van der Waals surface area contributed by atoms with Crippen molar-refractivity contribution in [2.75, 3.05) is 38.8 Å². The van der Waals surface area contributed by atoms with Gasteiger partial charge in [0, 0.05) is 30.9 Å². The van der Waals surface area contributed by atoms with Crippen molar-refractivity contribution in [2.24, 2.45) is 0 Å². The first kappa shape index (κ1) is 22.0. The van der Waals surface area contributed by atoms with E-state index in [0.717, 1.165) is 42.9 Å². The van der Waals surface area contributed by atoms with E-state index < -0.39 is 0 Å². The number of nitrogens with one attached hydrogen (secondary N) is 2. The van der Waals surface area contributed by atoms with Gasteiger partial charge in [0.2, 0.25) is 0 Å². The van der Waals surface area contributed by atoms with Gasteiger partial charge < -0.3 is 24.8 Å². The molecule has 2 N–H and O–H groups in total. The molecule has 3 rings (SSSR count). The van der Waals surface area contributed by atoms with E-state index >= 15 is 0 Å². The third kappa shape index (κ3) is 5.89. The number of amides is 2. The lowest BCUT2D eigenvalue weighted by molar-refractivity contribution is 0.0508. The fraction of sp³-hybridized carbons (Fsp3) is 0.458. The van der Waals surface area contributed by atoms with E-state index in [4.69, 9.17) is 14.2 Å². The number of anilines is 1. The molecule has 0 bridgehead atoms. The van der Waals surface area contributed by atoms with Crippen molar-refractivity contribution >= 4 is 11.7 Å². The summed E-state index contributed by atoms with van der Waals surface area (Å²) in [5.41, 5.74) is 1.79. The summed E-state index contributed by atoms with van der Waals surface area (Å²) in [6.45, 7) is 4.77. The van der Waals surface area contributed by atoms with E-state index in [0.29, 0.717) is 26.4 Å². The predicted molar refractivity (Wildman–Crippen MR) is 119 cm³/mol. The number of unbranched alkanes of at least 4 members (excludes halogenated alkanes) is 1. The summed E-state index contributed by atoms with van der Waals surface area (Å²) < 4.78 is 16.5. The zero-order chi connectivity index (χ0) is 21.2. The highest BCUT2D eigenvalue weighted by Crippen LogP contribution is 2.35. The Bertz CT molecular complexity index is 784. The Hall–Kier alpha value is -2.73. The molecule has 0 aromatic heterocycles. The molecule has 1 heterocycles. The Morgan fingerprint density at radius 2 is 1.70 bits per heavy atom. The van der Waals surface area contributed by atoms with Crippen LogP contribution in [0.4, 0.5) is 10.5 Å². The molecule has 0 unspecified atom stereocenters. The summed E-state index contributed by atoms with van der Waals surface area (Å²) in [5.74, 6) is 1.64. The van der Waals surface area contributed by atoms with Crippen LogP contribution in [0.2, 0.25) is 0 Å². The van der Waals surface area contributed by atoms with E-state index in [1.807, 2.05) is 36.4 Å². The van der Waals surface area contributed by atoms with Crippen LogP contribution in [-0.2, 0) is 10.2 Å². The zero-order valence-electron chi connectivity index (χ0n) is 17.9. The zero-order valence-corrected chi connectivity index (χ0v) is 17.9. The number of hydrogen-bond acceptors (Lipinski definition) is 4.